The normalized spacial score (nSPS) is 11.3. The van der Waals surface area contributed by atoms with Crippen LogP contribution >= 0.6 is 11.8 Å². The molecular formula is C23H18N2OS. The summed E-state index contributed by atoms with van der Waals surface area (Å²) in [6.45, 7) is 0. The first-order chi connectivity index (χ1) is 13.3. The Balaban J connectivity index is 1.63. The van der Waals surface area contributed by atoms with Crippen molar-refractivity contribution in [1.82, 2.24) is 0 Å². The fraction of sp³-hybridized carbons (Fsp3) is 0.0435. The standard InChI is InChI=1S/C23H18N2OS/c26-21-15-14-18-10-4-5-11-19(18)23(21)25-24-20-12-6-7-13-22(20)27-16-17-8-2-1-3-9-17/h1-15,26H,16H2. The number of hydrogen-bond acceptors (Lipinski definition) is 4. The van der Waals surface area contributed by atoms with Crippen molar-refractivity contribution in [3.05, 3.63) is 96.6 Å². The van der Waals surface area contributed by atoms with Crippen molar-refractivity contribution in [2.75, 3.05) is 0 Å². The molecule has 4 aromatic rings. The van der Waals surface area contributed by atoms with E-state index in [1.807, 2.05) is 72.8 Å². The third-order valence-corrected chi connectivity index (χ3v) is 5.37. The minimum Gasteiger partial charge on any atom is -0.506 e. The lowest BCUT2D eigenvalue weighted by molar-refractivity contribution is 0.477. The van der Waals surface area contributed by atoms with E-state index in [0.717, 1.165) is 27.1 Å². The van der Waals surface area contributed by atoms with E-state index in [4.69, 9.17) is 0 Å². The Kier molecular flexibility index (Phi) is 5.17. The maximum Gasteiger partial charge on any atom is 0.143 e. The summed E-state index contributed by atoms with van der Waals surface area (Å²) in [5.41, 5.74) is 2.56. The van der Waals surface area contributed by atoms with Gasteiger partial charge in [-0.05, 0) is 29.1 Å². The summed E-state index contributed by atoms with van der Waals surface area (Å²) >= 11 is 1.73. The van der Waals surface area contributed by atoms with Crippen LogP contribution < -0.4 is 0 Å². The monoisotopic (exact) mass is 370 g/mol. The van der Waals surface area contributed by atoms with Gasteiger partial charge in [0, 0.05) is 16.0 Å². The number of phenolic OH excluding ortho intramolecular Hbond substituents is 1. The summed E-state index contributed by atoms with van der Waals surface area (Å²) < 4.78 is 0. The Labute approximate surface area is 162 Å². The van der Waals surface area contributed by atoms with Crippen LogP contribution in [0.2, 0.25) is 0 Å². The molecule has 4 rings (SSSR count). The van der Waals surface area contributed by atoms with Gasteiger partial charge in [0.15, 0.2) is 0 Å². The van der Waals surface area contributed by atoms with Gasteiger partial charge in [0.2, 0.25) is 0 Å². The smallest absolute Gasteiger partial charge is 0.143 e. The van der Waals surface area contributed by atoms with E-state index in [2.05, 4.69) is 22.4 Å². The van der Waals surface area contributed by atoms with Crippen LogP contribution in [0.4, 0.5) is 11.4 Å². The SMILES string of the molecule is Oc1ccc2ccccc2c1N=Nc1ccccc1SCc1ccccc1. The molecule has 0 aliphatic heterocycles. The topological polar surface area (TPSA) is 45.0 Å². The fourth-order valence-corrected chi connectivity index (χ4v) is 3.80. The number of benzene rings is 4. The maximum absolute atomic E-state index is 10.2. The molecule has 0 saturated heterocycles. The van der Waals surface area contributed by atoms with E-state index < -0.39 is 0 Å². The van der Waals surface area contributed by atoms with Gasteiger partial charge >= 0.3 is 0 Å². The third-order valence-electron chi connectivity index (χ3n) is 4.24. The van der Waals surface area contributed by atoms with E-state index in [-0.39, 0.29) is 5.75 Å². The lowest BCUT2D eigenvalue weighted by atomic mass is 10.1. The van der Waals surface area contributed by atoms with Crippen LogP contribution in [0.1, 0.15) is 5.56 Å². The molecule has 4 aromatic carbocycles. The van der Waals surface area contributed by atoms with Crippen molar-refractivity contribution >= 4 is 33.9 Å². The minimum atomic E-state index is 0.131. The number of thioether (sulfide) groups is 1. The molecule has 0 saturated carbocycles. The Morgan fingerprint density at radius 1 is 0.704 bits per heavy atom. The van der Waals surface area contributed by atoms with Crippen LogP contribution in [0.25, 0.3) is 10.8 Å². The average molecular weight is 370 g/mol. The summed E-state index contributed by atoms with van der Waals surface area (Å²) in [5.74, 6) is 0.999. The molecule has 0 unspecified atom stereocenters. The van der Waals surface area contributed by atoms with Gasteiger partial charge in [0.25, 0.3) is 0 Å². The molecule has 0 spiro atoms. The van der Waals surface area contributed by atoms with E-state index in [9.17, 15) is 5.11 Å². The first kappa shape index (κ1) is 17.3. The van der Waals surface area contributed by atoms with Crippen LogP contribution in [0.5, 0.6) is 5.75 Å². The second-order valence-electron chi connectivity index (χ2n) is 6.10. The van der Waals surface area contributed by atoms with Gasteiger partial charge in [-0.15, -0.1) is 22.0 Å². The minimum absolute atomic E-state index is 0.131. The van der Waals surface area contributed by atoms with Crippen molar-refractivity contribution in [2.45, 2.75) is 10.6 Å². The molecule has 0 heterocycles. The van der Waals surface area contributed by atoms with Crippen molar-refractivity contribution < 1.29 is 5.11 Å². The largest absolute Gasteiger partial charge is 0.506 e. The second-order valence-corrected chi connectivity index (χ2v) is 7.11. The average Bonchev–Trinajstić information content (AvgIpc) is 2.73. The molecule has 0 atom stereocenters. The second kappa shape index (κ2) is 8.06. The zero-order valence-corrected chi connectivity index (χ0v) is 15.4. The molecule has 0 radical (unpaired) electrons. The predicted molar refractivity (Wildman–Crippen MR) is 112 cm³/mol. The first-order valence-corrected chi connectivity index (χ1v) is 9.68. The summed E-state index contributed by atoms with van der Waals surface area (Å²) in [7, 11) is 0. The van der Waals surface area contributed by atoms with Crippen molar-refractivity contribution in [1.29, 1.82) is 0 Å². The molecule has 27 heavy (non-hydrogen) atoms. The number of hydrogen-bond donors (Lipinski definition) is 1. The lowest BCUT2D eigenvalue weighted by Crippen LogP contribution is -1.80. The number of azo groups is 1. The van der Waals surface area contributed by atoms with E-state index in [1.165, 1.54) is 5.56 Å². The van der Waals surface area contributed by atoms with E-state index in [1.54, 1.807) is 17.8 Å². The van der Waals surface area contributed by atoms with Gasteiger partial charge in [-0.2, -0.15) is 0 Å². The Bertz CT molecular complexity index is 1090. The molecule has 0 fully saturated rings. The number of aromatic hydroxyl groups is 1. The third kappa shape index (κ3) is 4.01. The molecular weight excluding hydrogens is 352 g/mol. The summed E-state index contributed by atoms with van der Waals surface area (Å²) in [6.07, 6.45) is 0. The molecule has 0 aliphatic rings. The molecule has 0 bridgehead atoms. The fourth-order valence-electron chi connectivity index (χ4n) is 2.85. The van der Waals surface area contributed by atoms with Crippen LogP contribution in [0.15, 0.2) is 106 Å². The number of fused-ring (bicyclic) bond motifs is 1. The predicted octanol–water partition coefficient (Wildman–Crippen LogP) is 7.25. The summed E-state index contributed by atoms with van der Waals surface area (Å²) in [4.78, 5) is 1.06. The number of nitrogens with zero attached hydrogens (tertiary/aromatic N) is 2. The molecule has 1 N–H and O–H groups in total. The van der Waals surface area contributed by atoms with E-state index >= 15 is 0 Å². The van der Waals surface area contributed by atoms with Gasteiger partial charge in [0.1, 0.15) is 11.4 Å². The van der Waals surface area contributed by atoms with Crippen LogP contribution in [-0.4, -0.2) is 5.11 Å². The molecule has 3 nitrogen and oxygen atoms in total. The van der Waals surface area contributed by atoms with Gasteiger partial charge < -0.3 is 5.11 Å². The first-order valence-electron chi connectivity index (χ1n) is 8.69. The number of rotatable bonds is 5. The van der Waals surface area contributed by atoms with Crippen LogP contribution in [0, 0.1) is 0 Å². The van der Waals surface area contributed by atoms with Gasteiger partial charge in [-0.3, -0.25) is 0 Å². The summed E-state index contributed by atoms with van der Waals surface area (Å²) in [6, 6.07) is 29.7. The highest BCUT2D eigenvalue weighted by Crippen LogP contribution is 2.38. The zero-order chi connectivity index (χ0) is 18.5. The lowest BCUT2D eigenvalue weighted by Gasteiger charge is -2.06. The molecule has 0 amide bonds. The number of phenols is 1. The van der Waals surface area contributed by atoms with E-state index in [0.29, 0.717) is 5.69 Å². The summed E-state index contributed by atoms with van der Waals surface area (Å²) in [5, 5.41) is 21.0. The van der Waals surface area contributed by atoms with Crippen LogP contribution in [0.3, 0.4) is 0 Å². The zero-order valence-electron chi connectivity index (χ0n) is 14.6. The Morgan fingerprint density at radius 2 is 1.44 bits per heavy atom. The highest BCUT2D eigenvalue weighted by atomic mass is 32.2. The Hall–Kier alpha value is -3.11. The highest BCUT2D eigenvalue weighted by Gasteiger charge is 2.07. The van der Waals surface area contributed by atoms with Crippen molar-refractivity contribution in [3.63, 3.8) is 0 Å². The van der Waals surface area contributed by atoms with Crippen molar-refractivity contribution in [3.8, 4) is 5.75 Å². The van der Waals surface area contributed by atoms with Gasteiger partial charge in [-0.1, -0.05) is 72.8 Å². The molecule has 4 heteroatoms. The van der Waals surface area contributed by atoms with Gasteiger partial charge in [0.05, 0.1) is 5.69 Å². The van der Waals surface area contributed by atoms with Crippen LogP contribution in [-0.2, 0) is 5.75 Å². The molecule has 0 aromatic heterocycles. The quantitative estimate of drug-likeness (QED) is 0.297. The van der Waals surface area contributed by atoms with Crippen molar-refractivity contribution in [2.24, 2.45) is 10.2 Å². The molecule has 132 valence electrons. The maximum atomic E-state index is 10.2. The highest BCUT2D eigenvalue weighted by molar-refractivity contribution is 7.98. The molecule has 0 aliphatic carbocycles. The Morgan fingerprint density at radius 3 is 2.33 bits per heavy atom. The van der Waals surface area contributed by atoms with Gasteiger partial charge in [-0.25, -0.2) is 0 Å².